The summed E-state index contributed by atoms with van der Waals surface area (Å²) in [5.41, 5.74) is 8.96. The van der Waals surface area contributed by atoms with Gasteiger partial charge in [0.1, 0.15) is 6.10 Å². The van der Waals surface area contributed by atoms with Gasteiger partial charge in [0.15, 0.2) is 5.75 Å². The minimum Gasteiger partial charge on any atom is -0.484 e. The molecular formula is C16H17ClN2O. The predicted octanol–water partition coefficient (Wildman–Crippen LogP) is 3.16. The molecule has 2 N–H and O–H groups in total. The van der Waals surface area contributed by atoms with Gasteiger partial charge < -0.3 is 15.4 Å². The number of ether oxygens (including phenoxy) is 1. The summed E-state index contributed by atoms with van der Waals surface area (Å²) >= 11 is 6.09. The Morgan fingerprint density at radius 3 is 2.85 bits per heavy atom. The molecule has 0 radical (unpaired) electrons. The number of para-hydroxylation sites is 1. The molecule has 1 atom stereocenters. The van der Waals surface area contributed by atoms with Crippen molar-refractivity contribution in [2.45, 2.75) is 6.10 Å². The van der Waals surface area contributed by atoms with E-state index in [4.69, 9.17) is 22.1 Å². The third kappa shape index (κ3) is 2.35. The number of halogens is 1. The summed E-state index contributed by atoms with van der Waals surface area (Å²) in [7, 11) is 2.06. The van der Waals surface area contributed by atoms with Crippen molar-refractivity contribution in [3.63, 3.8) is 0 Å². The maximum atomic E-state index is 6.09. The third-order valence-corrected chi connectivity index (χ3v) is 3.80. The normalized spacial score (nSPS) is 17.6. The summed E-state index contributed by atoms with van der Waals surface area (Å²) in [6.07, 6.45) is 0.0211. The average molecular weight is 289 g/mol. The lowest BCUT2D eigenvalue weighted by Crippen LogP contribution is -2.42. The van der Waals surface area contributed by atoms with Gasteiger partial charge in [-0.1, -0.05) is 35.9 Å². The van der Waals surface area contributed by atoms with E-state index in [9.17, 15) is 0 Å². The molecule has 0 spiro atoms. The topological polar surface area (TPSA) is 38.5 Å². The Balaban J connectivity index is 2.12. The molecule has 3 nitrogen and oxygen atoms in total. The predicted molar refractivity (Wildman–Crippen MR) is 83.6 cm³/mol. The van der Waals surface area contributed by atoms with Crippen molar-refractivity contribution in [2.24, 2.45) is 5.73 Å². The molecule has 0 amide bonds. The van der Waals surface area contributed by atoms with Crippen LogP contribution in [-0.4, -0.2) is 26.2 Å². The lowest BCUT2D eigenvalue weighted by atomic mass is 10.0. The Morgan fingerprint density at radius 2 is 2.10 bits per heavy atom. The van der Waals surface area contributed by atoms with Crippen LogP contribution in [0.15, 0.2) is 42.5 Å². The Hall–Kier alpha value is -1.71. The van der Waals surface area contributed by atoms with Gasteiger partial charge in [-0.15, -0.1) is 0 Å². The first-order chi connectivity index (χ1) is 9.69. The zero-order valence-corrected chi connectivity index (χ0v) is 12.1. The van der Waals surface area contributed by atoms with E-state index in [-0.39, 0.29) is 6.10 Å². The number of benzene rings is 2. The van der Waals surface area contributed by atoms with Gasteiger partial charge in [0, 0.05) is 24.2 Å². The first-order valence-corrected chi connectivity index (χ1v) is 7.03. The Bertz CT molecular complexity index is 630. The molecule has 0 aromatic heterocycles. The smallest absolute Gasteiger partial charge is 0.150 e. The molecule has 104 valence electrons. The van der Waals surface area contributed by atoms with Gasteiger partial charge >= 0.3 is 0 Å². The summed E-state index contributed by atoms with van der Waals surface area (Å²) in [6.45, 7) is 1.32. The zero-order chi connectivity index (χ0) is 14.1. The monoisotopic (exact) mass is 288 g/mol. The zero-order valence-electron chi connectivity index (χ0n) is 11.3. The van der Waals surface area contributed by atoms with Crippen LogP contribution in [0.25, 0.3) is 11.1 Å². The molecule has 1 aliphatic rings. The van der Waals surface area contributed by atoms with E-state index >= 15 is 0 Å². The maximum Gasteiger partial charge on any atom is 0.150 e. The van der Waals surface area contributed by atoms with Crippen molar-refractivity contribution in [1.29, 1.82) is 0 Å². The van der Waals surface area contributed by atoms with Gasteiger partial charge in [-0.05, 0) is 23.8 Å². The van der Waals surface area contributed by atoms with Crippen LogP contribution < -0.4 is 15.4 Å². The highest BCUT2D eigenvalue weighted by Gasteiger charge is 2.25. The first kappa shape index (κ1) is 13.3. The van der Waals surface area contributed by atoms with Gasteiger partial charge in [-0.2, -0.15) is 0 Å². The number of anilines is 1. The number of nitrogens with two attached hydrogens (primary N) is 1. The van der Waals surface area contributed by atoms with E-state index in [1.165, 1.54) is 0 Å². The molecule has 0 bridgehead atoms. The minimum absolute atomic E-state index is 0.0211. The van der Waals surface area contributed by atoms with Crippen LogP contribution in [0.2, 0.25) is 5.02 Å². The molecule has 20 heavy (non-hydrogen) atoms. The lowest BCUT2D eigenvalue weighted by molar-refractivity contribution is 0.205. The number of rotatable bonds is 2. The van der Waals surface area contributed by atoms with E-state index in [1.807, 2.05) is 30.3 Å². The van der Waals surface area contributed by atoms with Crippen molar-refractivity contribution in [3.8, 4) is 16.9 Å². The second-order valence-corrected chi connectivity index (χ2v) is 5.46. The van der Waals surface area contributed by atoms with Crippen LogP contribution >= 0.6 is 11.6 Å². The number of likely N-dealkylation sites (N-methyl/N-ethyl adjacent to an activating group) is 1. The Morgan fingerprint density at radius 1 is 1.30 bits per heavy atom. The largest absolute Gasteiger partial charge is 0.484 e. The Labute approximate surface area is 123 Å². The molecular weight excluding hydrogens is 272 g/mol. The Kier molecular flexibility index (Phi) is 3.55. The molecule has 3 rings (SSSR count). The van der Waals surface area contributed by atoms with Crippen LogP contribution in [0, 0.1) is 0 Å². The number of hydrogen-bond donors (Lipinski definition) is 1. The summed E-state index contributed by atoms with van der Waals surface area (Å²) in [5.74, 6) is 0.888. The molecule has 0 aliphatic carbocycles. The molecule has 4 heteroatoms. The van der Waals surface area contributed by atoms with E-state index in [1.54, 1.807) is 0 Å². The van der Waals surface area contributed by atoms with Crippen LogP contribution in [-0.2, 0) is 0 Å². The highest BCUT2D eigenvalue weighted by atomic mass is 35.5. The standard InChI is InChI=1S/C16H17ClN2O/c1-19-10-13(9-18)20-16-14(6-3-7-15(16)19)11-4-2-5-12(17)8-11/h2-8,13H,9-10,18H2,1H3/t13-/m0/s1. The number of hydrogen-bond acceptors (Lipinski definition) is 3. The number of fused-ring (bicyclic) bond motifs is 1. The van der Waals surface area contributed by atoms with E-state index < -0.39 is 0 Å². The van der Waals surface area contributed by atoms with Crippen LogP contribution in [0.1, 0.15) is 0 Å². The van der Waals surface area contributed by atoms with Gasteiger partial charge in [0.05, 0.1) is 12.2 Å². The van der Waals surface area contributed by atoms with Crippen molar-refractivity contribution in [1.82, 2.24) is 0 Å². The molecule has 2 aromatic rings. The summed E-state index contributed by atoms with van der Waals surface area (Å²) in [4.78, 5) is 2.18. The molecule has 0 saturated carbocycles. The second kappa shape index (κ2) is 5.35. The van der Waals surface area contributed by atoms with Gasteiger partial charge in [-0.3, -0.25) is 0 Å². The average Bonchev–Trinajstić information content (AvgIpc) is 2.46. The first-order valence-electron chi connectivity index (χ1n) is 6.66. The van der Waals surface area contributed by atoms with Gasteiger partial charge in [0.25, 0.3) is 0 Å². The minimum atomic E-state index is 0.0211. The molecule has 1 heterocycles. The second-order valence-electron chi connectivity index (χ2n) is 5.02. The van der Waals surface area contributed by atoms with Crippen LogP contribution in [0.3, 0.4) is 0 Å². The molecule has 0 fully saturated rings. The van der Waals surface area contributed by atoms with E-state index in [2.05, 4.69) is 24.1 Å². The fraction of sp³-hybridized carbons (Fsp3) is 0.250. The highest BCUT2D eigenvalue weighted by molar-refractivity contribution is 6.30. The highest BCUT2D eigenvalue weighted by Crippen LogP contribution is 2.41. The molecule has 2 aromatic carbocycles. The van der Waals surface area contributed by atoms with Gasteiger partial charge in [0.2, 0.25) is 0 Å². The quantitative estimate of drug-likeness (QED) is 0.922. The summed E-state index contributed by atoms with van der Waals surface area (Å²) in [6, 6.07) is 14.0. The molecule has 0 unspecified atom stereocenters. The van der Waals surface area contributed by atoms with Crippen molar-refractivity contribution in [2.75, 3.05) is 25.0 Å². The molecule has 1 aliphatic heterocycles. The van der Waals surface area contributed by atoms with Crippen molar-refractivity contribution < 1.29 is 4.74 Å². The third-order valence-electron chi connectivity index (χ3n) is 3.57. The summed E-state index contributed by atoms with van der Waals surface area (Å²) in [5, 5.41) is 0.722. The summed E-state index contributed by atoms with van der Waals surface area (Å²) < 4.78 is 6.07. The van der Waals surface area contributed by atoms with Gasteiger partial charge in [-0.25, -0.2) is 0 Å². The number of nitrogens with zero attached hydrogens (tertiary/aromatic N) is 1. The van der Waals surface area contributed by atoms with E-state index in [0.29, 0.717) is 6.54 Å². The SMILES string of the molecule is CN1C[C@H](CN)Oc2c(-c3cccc(Cl)c3)cccc21. The van der Waals surface area contributed by atoms with Crippen LogP contribution in [0.5, 0.6) is 5.75 Å². The fourth-order valence-corrected chi connectivity index (χ4v) is 2.75. The van der Waals surface area contributed by atoms with E-state index in [0.717, 1.165) is 34.1 Å². The fourth-order valence-electron chi connectivity index (χ4n) is 2.56. The van der Waals surface area contributed by atoms with Crippen molar-refractivity contribution >= 4 is 17.3 Å². The van der Waals surface area contributed by atoms with Crippen molar-refractivity contribution in [3.05, 3.63) is 47.5 Å². The maximum absolute atomic E-state index is 6.09. The lowest BCUT2D eigenvalue weighted by Gasteiger charge is -2.34. The molecule has 0 saturated heterocycles. The van der Waals surface area contributed by atoms with Crippen LogP contribution in [0.4, 0.5) is 5.69 Å².